The predicted molar refractivity (Wildman–Crippen MR) is 85.3 cm³/mol. The van der Waals surface area contributed by atoms with Crippen LogP contribution < -0.4 is 0 Å². The smallest absolute Gasteiger partial charge is 0.325 e. The molecular formula is C17H20N2O4. The maximum Gasteiger partial charge on any atom is 0.325 e. The Kier molecular flexibility index (Phi) is 4.09. The lowest BCUT2D eigenvalue weighted by Gasteiger charge is -2.34. The molecule has 6 heteroatoms. The number of carbonyl (C=O) groups is 2. The van der Waals surface area contributed by atoms with Crippen LogP contribution in [0.5, 0.6) is 0 Å². The van der Waals surface area contributed by atoms with Gasteiger partial charge in [0.25, 0.3) is 0 Å². The van der Waals surface area contributed by atoms with Crippen molar-refractivity contribution in [1.29, 1.82) is 0 Å². The molecule has 1 aliphatic heterocycles. The summed E-state index contributed by atoms with van der Waals surface area (Å²) in [5.41, 5.74) is 2.73. The number of carboxylic acids is 2. The van der Waals surface area contributed by atoms with E-state index in [9.17, 15) is 14.7 Å². The van der Waals surface area contributed by atoms with Gasteiger partial charge in [0.2, 0.25) is 0 Å². The van der Waals surface area contributed by atoms with Gasteiger partial charge in [-0.05, 0) is 31.9 Å². The van der Waals surface area contributed by atoms with Crippen LogP contribution >= 0.6 is 0 Å². The van der Waals surface area contributed by atoms with Gasteiger partial charge in [-0.15, -0.1) is 0 Å². The molecule has 0 spiro atoms. The van der Waals surface area contributed by atoms with Gasteiger partial charge in [0.1, 0.15) is 6.04 Å². The molecule has 3 N–H and O–H groups in total. The summed E-state index contributed by atoms with van der Waals surface area (Å²) in [6.45, 7) is 2.93. The minimum atomic E-state index is -0.902. The zero-order valence-corrected chi connectivity index (χ0v) is 13.0. The van der Waals surface area contributed by atoms with E-state index in [0.29, 0.717) is 25.9 Å². The number of aromatic nitrogens is 1. The number of benzene rings is 1. The first-order valence-corrected chi connectivity index (χ1v) is 7.74. The van der Waals surface area contributed by atoms with Crippen LogP contribution in [0, 0.1) is 12.8 Å². The van der Waals surface area contributed by atoms with Gasteiger partial charge in [0, 0.05) is 35.8 Å². The molecule has 1 unspecified atom stereocenters. The molecule has 23 heavy (non-hydrogen) atoms. The molecule has 2 aromatic rings. The van der Waals surface area contributed by atoms with Crippen LogP contribution in [0.15, 0.2) is 24.4 Å². The van der Waals surface area contributed by atoms with Crippen molar-refractivity contribution in [2.24, 2.45) is 5.92 Å². The van der Waals surface area contributed by atoms with Crippen molar-refractivity contribution in [3.63, 3.8) is 0 Å². The van der Waals surface area contributed by atoms with Crippen LogP contribution in [-0.4, -0.2) is 45.1 Å². The number of fused-ring (bicyclic) bond motifs is 1. The minimum absolute atomic E-state index is 0.370. The van der Waals surface area contributed by atoms with Crippen molar-refractivity contribution in [3.05, 3.63) is 35.5 Å². The largest absolute Gasteiger partial charge is 0.481 e. The average molecular weight is 316 g/mol. The summed E-state index contributed by atoms with van der Waals surface area (Å²) >= 11 is 0. The molecule has 1 aromatic heterocycles. The second kappa shape index (κ2) is 6.04. The van der Waals surface area contributed by atoms with Gasteiger partial charge in [-0.3, -0.25) is 14.5 Å². The molecule has 1 atom stereocenters. The summed E-state index contributed by atoms with van der Waals surface area (Å²) in [7, 11) is 0. The Morgan fingerprint density at radius 1 is 1.26 bits per heavy atom. The van der Waals surface area contributed by atoms with Crippen molar-refractivity contribution in [2.75, 3.05) is 13.1 Å². The van der Waals surface area contributed by atoms with Gasteiger partial charge in [0.15, 0.2) is 0 Å². The lowest BCUT2D eigenvalue weighted by atomic mass is 9.94. The summed E-state index contributed by atoms with van der Waals surface area (Å²) in [6, 6.07) is 5.17. The normalized spacial score (nSPS) is 18.1. The number of hydrogen-bond acceptors (Lipinski definition) is 3. The molecule has 6 nitrogen and oxygen atoms in total. The van der Waals surface area contributed by atoms with Crippen LogP contribution in [0.2, 0.25) is 0 Å². The molecule has 0 aliphatic carbocycles. The highest BCUT2D eigenvalue weighted by Gasteiger charge is 2.34. The Morgan fingerprint density at radius 3 is 2.57 bits per heavy atom. The fraction of sp³-hybridized carbons (Fsp3) is 0.412. The maximum absolute atomic E-state index is 11.9. The monoisotopic (exact) mass is 316 g/mol. The number of aliphatic carboxylic acids is 2. The molecule has 1 saturated heterocycles. The molecular weight excluding hydrogens is 296 g/mol. The van der Waals surface area contributed by atoms with E-state index in [4.69, 9.17) is 5.11 Å². The Labute approximate surface area is 133 Å². The predicted octanol–water partition coefficient (Wildman–Crippen LogP) is 2.40. The van der Waals surface area contributed by atoms with Crippen LogP contribution in [0.4, 0.5) is 0 Å². The van der Waals surface area contributed by atoms with E-state index in [0.717, 1.165) is 22.0 Å². The number of H-pyrrole nitrogens is 1. The van der Waals surface area contributed by atoms with Gasteiger partial charge >= 0.3 is 11.9 Å². The second-order valence-electron chi connectivity index (χ2n) is 6.18. The highest BCUT2D eigenvalue weighted by molar-refractivity contribution is 5.89. The van der Waals surface area contributed by atoms with Gasteiger partial charge in [-0.1, -0.05) is 11.6 Å². The molecule has 1 aliphatic rings. The lowest BCUT2D eigenvalue weighted by Crippen LogP contribution is -2.41. The number of piperidine rings is 1. The summed E-state index contributed by atoms with van der Waals surface area (Å²) < 4.78 is 0. The van der Waals surface area contributed by atoms with Crippen molar-refractivity contribution < 1.29 is 19.8 Å². The van der Waals surface area contributed by atoms with Gasteiger partial charge in [0.05, 0.1) is 5.92 Å². The van der Waals surface area contributed by atoms with Crippen LogP contribution in [0.3, 0.4) is 0 Å². The number of aromatic amines is 1. The highest BCUT2D eigenvalue weighted by atomic mass is 16.4. The third-order valence-electron chi connectivity index (χ3n) is 4.64. The zero-order valence-electron chi connectivity index (χ0n) is 13.0. The van der Waals surface area contributed by atoms with Crippen molar-refractivity contribution in [2.45, 2.75) is 25.8 Å². The highest BCUT2D eigenvalue weighted by Crippen LogP contribution is 2.32. The first-order chi connectivity index (χ1) is 11.0. The summed E-state index contributed by atoms with van der Waals surface area (Å²) in [5.74, 6) is -2.06. The zero-order chi connectivity index (χ0) is 16.6. The molecule has 122 valence electrons. The molecule has 1 fully saturated rings. The fourth-order valence-corrected chi connectivity index (χ4v) is 3.37. The molecule has 1 aromatic carbocycles. The third kappa shape index (κ3) is 2.94. The fourth-order valence-electron chi connectivity index (χ4n) is 3.37. The van der Waals surface area contributed by atoms with E-state index in [-0.39, 0.29) is 5.92 Å². The second-order valence-corrected chi connectivity index (χ2v) is 6.18. The van der Waals surface area contributed by atoms with Gasteiger partial charge < -0.3 is 15.2 Å². The number of aryl methyl sites for hydroxylation is 1. The first-order valence-electron chi connectivity index (χ1n) is 7.74. The number of carboxylic acid groups (broad SMARTS) is 2. The summed E-state index contributed by atoms with van der Waals surface area (Å²) in [5, 5.41) is 19.7. The van der Waals surface area contributed by atoms with Crippen LogP contribution in [0.1, 0.15) is 30.0 Å². The number of rotatable bonds is 4. The number of nitrogens with one attached hydrogen (secondary N) is 1. The van der Waals surface area contributed by atoms with Crippen LogP contribution in [-0.2, 0) is 9.59 Å². The van der Waals surface area contributed by atoms with E-state index in [1.165, 1.54) is 0 Å². The Morgan fingerprint density at radius 2 is 1.96 bits per heavy atom. The quantitative estimate of drug-likeness (QED) is 0.805. The first kappa shape index (κ1) is 15.6. The molecule has 0 bridgehead atoms. The van der Waals surface area contributed by atoms with Crippen LogP contribution in [0.25, 0.3) is 10.9 Å². The van der Waals surface area contributed by atoms with E-state index < -0.39 is 18.0 Å². The maximum atomic E-state index is 11.9. The number of nitrogens with zero attached hydrogens (tertiary/aromatic N) is 1. The molecule has 3 rings (SSSR count). The molecule has 0 amide bonds. The van der Waals surface area contributed by atoms with Crippen molar-refractivity contribution in [1.82, 2.24) is 9.88 Å². The van der Waals surface area contributed by atoms with E-state index >= 15 is 0 Å². The molecule has 0 radical (unpaired) electrons. The number of hydrogen-bond donors (Lipinski definition) is 3. The third-order valence-corrected chi connectivity index (χ3v) is 4.64. The standard InChI is InChI=1S/C17H20N2O4/c1-10-2-3-14-12(8-10)13(9-18-14)15(17(22)23)19-6-4-11(5-7-19)16(20)21/h2-3,8-9,11,15,18H,4-7H2,1H3,(H,20,21)(H,22,23). The topological polar surface area (TPSA) is 93.6 Å². The lowest BCUT2D eigenvalue weighted by molar-refractivity contribution is -0.146. The van der Waals surface area contributed by atoms with Gasteiger partial charge in [-0.2, -0.15) is 0 Å². The Hall–Kier alpha value is -2.34. The van der Waals surface area contributed by atoms with E-state index in [1.54, 1.807) is 6.20 Å². The van der Waals surface area contributed by atoms with E-state index in [1.807, 2.05) is 30.0 Å². The van der Waals surface area contributed by atoms with E-state index in [2.05, 4.69) is 4.98 Å². The molecule has 2 heterocycles. The SMILES string of the molecule is Cc1ccc2[nH]cc(C(C(=O)O)N3CCC(C(=O)O)CC3)c2c1. The summed E-state index contributed by atoms with van der Waals surface area (Å²) in [4.78, 5) is 27.9. The van der Waals surface area contributed by atoms with Crippen molar-refractivity contribution in [3.8, 4) is 0 Å². The Bertz CT molecular complexity index is 744. The summed E-state index contributed by atoms with van der Waals surface area (Å²) in [6.07, 6.45) is 2.73. The number of likely N-dealkylation sites (tertiary alicyclic amines) is 1. The Balaban J connectivity index is 1.91. The minimum Gasteiger partial charge on any atom is -0.481 e. The van der Waals surface area contributed by atoms with Gasteiger partial charge in [-0.25, -0.2) is 0 Å². The van der Waals surface area contributed by atoms with Crippen molar-refractivity contribution >= 4 is 22.8 Å². The average Bonchev–Trinajstić information content (AvgIpc) is 2.91. The molecule has 0 saturated carbocycles.